The lowest BCUT2D eigenvalue weighted by atomic mass is 10.0. The first-order chi connectivity index (χ1) is 16.6. The van der Waals surface area contributed by atoms with E-state index in [-0.39, 0.29) is 5.82 Å². The molecule has 0 aliphatic carbocycles. The molecule has 3 N–H and O–H groups in total. The average molecular weight is 463 g/mol. The summed E-state index contributed by atoms with van der Waals surface area (Å²) in [5, 5.41) is 3.91. The third-order valence-corrected chi connectivity index (χ3v) is 5.84. The number of nitrogens with one attached hydrogen (secondary N) is 1. The van der Waals surface area contributed by atoms with Crippen LogP contribution < -0.4 is 15.8 Å². The van der Waals surface area contributed by atoms with Gasteiger partial charge >= 0.3 is 0 Å². The van der Waals surface area contributed by atoms with E-state index in [9.17, 15) is 8.78 Å². The molecule has 34 heavy (non-hydrogen) atoms. The second-order valence-electron chi connectivity index (χ2n) is 8.11. The van der Waals surface area contributed by atoms with E-state index in [1.165, 1.54) is 6.07 Å². The standard InChI is InChI=1S/C25H24F2N6O/c26-20-4-3-16(13-21(20)27)18-12-19-23(22(14-18)34-11-10-33-8-6-29-7-9-33)31-25(32-24(19)28)17-2-1-5-30-15-17/h1-5,12-15,29H,6-11H2,(H2,28,31,32). The number of nitrogen functional groups attached to an aromatic ring is 1. The van der Waals surface area contributed by atoms with E-state index >= 15 is 0 Å². The van der Waals surface area contributed by atoms with Crippen molar-refractivity contribution in [1.82, 2.24) is 25.2 Å². The first kappa shape index (κ1) is 22.1. The first-order valence-corrected chi connectivity index (χ1v) is 11.1. The van der Waals surface area contributed by atoms with Gasteiger partial charge < -0.3 is 15.8 Å². The average Bonchev–Trinajstić information content (AvgIpc) is 2.87. The van der Waals surface area contributed by atoms with Crippen LogP contribution in [0.1, 0.15) is 0 Å². The monoisotopic (exact) mass is 462 g/mol. The van der Waals surface area contributed by atoms with Crippen LogP contribution in [0.5, 0.6) is 5.75 Å². The maximum atomic E-state index is 13.9. The summed E-state index contributed by atoms with van der Waals surface area (Å²) in [5.74, 6) is -0.617. The quantitative estimate of drug-likeness (QED) is 0.453. The van der Waals surface area contributed by atoms with Gasteiger partial charge in [-0.3, -0.25) is 9.88 Å². The summed E-state index contributed by atoms with van der Waals surface area (Å²) in [4.78, 5) is 15.6. The van der Waals surface area contributed by atoms with E-state index in [1.807, 2.05) is 6.07 Å². The summed E-state index contributed by atoms with van der Waals surface area (Å²) < 4.78 is 33.6. The van der Waals surface area contributed by atoms with Crippen LogP contribution in [-0.2, 0) is 0 Å². The molecule has 174 valence electrons. The maximum absolute atomic E-state index is 13.9. The smallest absolute Gasteiger partial charge is 0.163 e. The third kappa shape index (κ3) is 4.66. The Morgan fingerprint density at radius 2 is 1.82 bits per heavy atom. The fourth-order valence-electron chi connectivity index (χ4n) is 4.02. The molecule has 0 amide bonds. The number of hydrogen-bond acceptors (Lipinski definition) is 7. The van der Waals surface area contributed by atoms with Gasteiger partial charge in [-0.1, -0.05) is 6.07 Å². The lowest BCUT2D eigenvalue weighted by molar-refractivity contribution is 0.192. The zero-order valence-electron chi connectivity index (χ0n) is 18.5. The van der Waals surface area contributed by atoms with E-state index in [0.29, 0.717) is 40.2 Å². The second-order valence-corrected chi connectivity index (χ2v) is 8.11. The number of fused-ring (bicyclic) bond motifs is 1. The number of rotatable bonds is 6. The Labute approximate surface area is 195 Å². The van der Waals surface area contributed by atoms with Crippen molar-refractivity contribution in [3.63, 3.8) is 0 Å². The number of benzene rings is 2. The van der Waals surface area contributed by atoms with Crippen LogP contribution in [0, 0.1) is 11.6 Å². The Kier molecular flexibility index (Phi) is 6.29. The molecule has 1 saturated heterocycles. The van der Waals surface area contributed by atoms with Crippen LogP contribution in [-0.4, -0.2) is 59.2 Å². The normalized spacial score (nSPS) is 14.4. The van der Waals surface area contributed by atoms with Crippen molar-refractivity contribution < 1.29 is 13.5 Å². The molecule has 0 radical (unpaired) electrons. The number of aromatic nitrogens is 3. The number of pyridine rings is 1. The van der Waals surface area contributed by atoms with Gasteiger partial charge in [-0.2, -0.15) is 0 Å². The Bertz CT molecular complexity index is 1310. The van der Waals surface area contributed by atoms with Crippen molar-refractivity contribution in [2.75, 3.05) is 45.1 Å². The van der Waals surface area contributed by atoms with Crippen LogP contribution >= 0.6 is 0 Å². The van der Waals surface area contributed by atoms with Crippen molar-refractivity contribution in [1.29, 1.82) is 0 Å². The predicted molar refractivity (Wildman–Crippen MR) is 127 cm³/mol. The molecule has 0 unspecified atom stereocenters. The minimum Gasteiger partial charge on any atom is -0.490 e. The summed E-state index contributed by atoms with van der Waals surface area (Å²) in [5.41, 5.74) is 8.75. The first-order valence-electron chi connectivity index (χ1n) is 11.1. The summed E-state index contributed by atoms with van der Waals surface area (Å²) in [6, 6.07) is 11.0. The van der Waals surface area contributed by atoms with Crippen LogP contribution in [0.4, 0.5) is 14.6 Å². The van der Waals surface area contributed by atoms with Crippen molar-refractivity contribution in [3.8, 4) is 28.3 Å². The number of halogens is 2. The Morgan fingerprint density at radius 1 is 0.971 bits per heavy atom. The number of hydrogen-bond donors (Lipinski definition) is 2. The molecule has 0 spiro atoms. The summed E-state index contributed by atoms with van der Waals surface area (Å²) in [6.07, 6.45) is 3.34. The maximum Gasteiger partial charge on any atom is 0.163 e. The zero-order chi connectivity index (χ0) is 23.5. The molecule has 0 bridgehead atoms. The number of nitrogens with zero attached hydrogens (tertiary/aromatic N) is 4. The molecule has 7 nitrogen and oxygen atoms in total. The Hall–Kier alpha value is -3.69. The number of piperazine rings is 1. The topological polar surface area (TPSA) is 89.2 Å². The highest BCUT2D eigenvalue weighted by molar-refractivity contribution is 5.97. The summed E-state index contributed by atoms with van der Waals surface area (Å²) in [7, 11) is 0. The van der Waals surface area contributed by atoms with E-state index in [0.717, 1.165) is 50.4 Å². The van der Waals surface area contributed by atoms with E-state index in [2.05, 4.69) is 20.2 Å². The zero-order valence-corrected chi connectivity index (χ0v) is 18.5. The minimum absolute atomic E-state index is 0.264. The number of anilines is 1. The molecular weight excluding hydrogens is 438 g/mol. The molecule has 4 aromatic rings. The predicted octanol–water partition coefficient (Wildman–Crippen LogP) is 3.50. The van der Waals surface area contributed by atoms with E-state index < -0.39 is 11.6 Å². The van der Waals surface area contributed by atoms with Crippen LogP contribution in [0.15, 0.2) is 54.9 Å². The molecule has 1 aliphatic heterocycles. The van der Waals surface area contributed by atoms with Crippen molar-refractivity contribution in [2.24, 2.45) is 0 Å². The molecule has 1 aliphatic rings. The van der Waals surface area contributed by atoms with Gasteiger partial charge in [0, 0.05) is 56.1 Å². The van der Waals surface area contributed by atoms with Crippen molar-refractivity contribution in [2.45, 2.75) is 0 Å². The lowest BCUT2D eigenvalue weighted by Crippen LogP contribution is -2.44. The summed E-state index contributed by atoms with van der Waals surface area (Å²) in [6.45, 7) is 5.02. The van der Waals surface area contributed by atoms with Gasteiger partial charge in [-0.25, -0.2) is 18.7 Å². The number of ether oxygens (including phenoxy) is 1. The van der Waals surface area contributed by atoms with E-state index in [1.54, 1.807) is 30.6 Å². The molecule has 0 saturated carbocycles. The van der Waals surface area contributed by atoms with Gasteiger partial charge in [0.1, 0.15) is 23.7 Å². The highest BCUT2D eigenvalue weighted by Crippen LogP contribution is 2.35. The van der Waals surface area contributed by atoms with Crippen LogP contribution in [0.3, 0.4) is 0 Å². The molecular formula is C25H24F2N6O. The Morgan fingerprint density at radius 3 is 2.59 bits per heavy atom. The SMILES string of the molecule is Nc1nc(-c2cccnc2)nc2c(OCCN3CCNCC3)cc(-c3ccc(F)c(F)c3)cc12. The van der Waals surface area contributed by atoms with Crippen molar-refractivity contribution >= 4 is 16.7 Å². The minimum atomic E-state index is -0.921. The molecule has 9 heteroatoms. The molecule has 5 rings (SSSR count). The molecule has 0 atom stereocenters. The third-order valence-electron chi connectivity index (χ3n) is 5.84. The second kappa shape index (κ2) is 9.66. The van der Waals surface area contributed by atoms with Crippen LogP contribution in [0.2, 0.25) is 0 Å². The highest BCUT2D eigenvalue weighted by atomic mass is 19.2. The van der Waals surface area contributed by atoms with Gasteiger partial charge in [-0.15, -0.1) is 0 Å². The fraction of sp³-hybridized carbons (Fsp3) is 0.240. The largest absolute Gasteiger partial charge is 0.490 e. The van der Waals surface area contributed by atoms with Gasteiger partial charge in [0.25, 0.3) is 0 Å². The van der Waals surface area contributed by atoms with Crippen molar-refractivity contribution in [3.05, 3.63) is 66.5 Å². The fourth-order valence-corrected chi connectivity index (χ4v) is 4.02. The van der Waals surface area contributed by atoms with Gasteiger partial charge in [0.2, 0.25) is 0 Å². The molecule has 1 fully saturated rings. The lowest BCUT2D eigenvalue weighted by Gasteiger charge is -2.27. The van der Waals surface area contributed by atoms with Crippen LogP contribution in [0.25, 0.3) is 33.4 Å². The van der Waals surface area contributed by atoms with Gasteiger partial charge in [0.05, 0.1) is 0 Å². The number of nitrogens with two attached hydrogens (primary N) is 1. The molecule has 2 aromatic carbocycles. The Balaban J connectivity index is 1.56. The molecule has 3 heterocycles. The summed E-state index contributed by atoms with van der Waals surface area (Å²) >= 11 is 0. The molecule has 2 aromatic heterocycles. The van der Waals surface area contributed by atoms with Gasteiger partial charge in [-0.05, 0) is 47.5 Å². The van der Waals surface area contributed by atoms with E-state index in [4.69, 9.17) is 15.5 Å². The highest BCUT2D eigenvalue weighted by Gasteiger charge is 2.16. The van der Waals surface area contributed by atoms with Gasteiger partial charge in [0.15, 0.2) is 17.5 Å².